The van der Waals surface area contributed by atoms with Gasteiger partial charge in [0, 0.05) is 4.88 Å². The molecule has 0 aliphatic heterocycles. The van der Waals surface area contributed by atoms with Crippen LogP contribution in [-0.4, -0.2) is 23.3 Å². The van der Waals surface area contributed by atoms with Gasteiger partial charge in [-0.15, -0.1) is 22.7 Å². The normalized spacial score (nSPS) is 12.7. The number of hydrogen-bond acceptors (Lipinski definition) is 7. The molecule has 1 aliphatic rings. The number of nitriles is 1. The number of carbonyl (C=O) groups excluding carboxylic acids is 1. The molecule has 1 aliphatic carbocycles. The Hall–Kier alpha value is -2.08. The van der Waals surface area contributed by atoms with Crippen LogP contribution in [-0.2, 0) is 17.6 Å². The highest BCUT2D eigenvalue weighted by Gasteiger charge is 2.23. The van der Waals surface area contributed by atoms with E-state index in [1.54, 1.807) is 22.7 Å². The third-order valence-corrected chi connectivity index (χ3v) is 7.63. The van der Waals surface area contributed by atoms with Gasteiger partial charge in [-0.2, -0.15) is 5.26 Å². The Morgan fingerprint density at radius 2 is 2.30 bits per heavy atom. The summed E-state index contributed by atoms with van der Waals surface area (Å²) in [5.74, 6) is 0.995. The van der Waals surface area contributed by atoms with Gasteiger partial charge in [-0.05, 0) is 49.9 Å². The summed E-state index contributed by atoms with van der Waals surface area (Å²) in [7, 11) is 0. The first-order valence-electron chi connectivity index (χ1n) is 8.68. The number of fused-ring (bicyclic) bond motifs is 2. The molecule has 1 aromatic carbocycles. The number of nitrogens with zero attached hydrogens (tertiary/aromatic N) is 2. The second-order valence-electron chi connectivity index (χ2n) is 6.05. The van der Waals surface area contributed by atoms with Crippen LogP contribution >= 0.6 is 34.4 Å². The molecule has 0 fully saturated rings. The molecule has 0 radical (unpaired) electrons. The zero-order valence-corrected chi connectivity index (χ0v) is 17.2. The van der Waals surface area contributed by atoms with Crippen molar-refractivity contribution in [3.05, 3.63) is 34.2 Å². The van der Waals surface area contributed by atoms with E-state index in [1.165, 1.54) is 16.6 Å². The highest BCUT2D eigenvalue weighted by atomic mass is 32.2. The van der Waals surface area contributed by atoms with Crippen LogP contribution in [0.15, 0.2) is 22.5 Å². The molecule has 0 spiro atoms. The van der Waals surface area contributed by atoms with Crippen molar-refractivity contribution in [3.63, 3.8) is 0 Å². The zero-order chi connectivity index (χ0) is 18.8. The molecule has 0 saturated heterocycles. The van der Waals surface area contributed by atoms with Gasteiger partial charge >= 0.3 is 0 Å². The molecule has 2 aromatic heterocycles. The van der Waals surface area contributed by atoms with E-state index in [2.05, 4.69) is 16.4 Å². The molecule has 0 atom stereocenters. The largest absolute Gasteiger partial charge is 0.494 e. The number of ether oxygens (including phenoxy) is 1. The summed E-state index contributed by atoms with van der Waals surface area (Å²) < 4.78 is 7.41. The van der Waals surface area contributed by atoms with E-state index in [0.717, 1.165) is 45.1 Å². The van der Waals surface area contributed by atoms with Crippen LogP contribution in [0.25, 0.3) is 10.2 Å². The number of thioether (sulfide) groups is 1. The topological polar surface area (TPSA) is 75.0 Å². The van der Waals surface area contributed by atoms with E-state index in [-0.39, 0.29) is 11.7 Å². The molecule has 3 aromatic rings. The second kappa shape index (κ2) is 7.89. The fourth-order valence-electron chi connectivity index (χ4n) is 3.10. The van der Waals surface area contributed by atoms with Gasteiger partial charge < -0.3 is 10.1 Å². The fraction of sp³-hybridized carbons (Fsp3) is 0.316. The van der Waals surface area contributed by atoms with Crippen molar-refractivity contribution < 1.29 is 9.53 Å². The molecule has 0 unspecified atom stereocenters. The number of thiophene rings is 1. The summed E-state index contributed by atoms with van der Waals surface area (Å²) in [5, 5.41) is 13.0. The summed E-state index contributed by atoms with van der Waals surface area (Å²) >= 11 is 4.51. The van der Waals surface area contributed by atoms with Crippen molar-refractivity contribution in [2.45, 2.75) is 30.5 Å². The first-order chi connectivity index (χ1) is 13.2. The first-order valence-corrected chi connectivity index (χ1v) is 11.3. The third kappa shape index (κ3) is 3.81. The molecule has 1 N–H and O–H groups in total. The SMILES string of the molecule is CCOc1ccc2nc(SCC(=O)Nc3sc4c(c3C#N)CCC4)sc2c1. The number of nitrogens with one attached hydrogen (secondary N) is 1. The summed E-state index contributed by atoms with van der Waals surface area (Å²) in [6, 6.07) is 8.08. The Labute approximate surface area is 169 Å². The molecule has 0 saturated carbocycles. The van der Waals surface area contributed by atoms with Crippen molar-refractivity contribution in [2.75, 3.05) is 17.7 Å². The van der Waals surface area contributed by atoms with Crippen LogP contribution in [0, 0.1) is 11.3 Å². The van der Waals surface area contributed by atoms with Gasteiger partial charge in [0.15, 0.2) is 4.34 Å². The van der Waals surface area contributed by atoms with Crippen LogP contribution in [0.4, 0.5) is 5.00 Å². The number of aryl methyl sites for hydroxylation is 1. The second-order valence-corrected chi connectivity index (χ2v) is 9.41. The van der Waals surface area contributed by atoms with E-state index in [9.17, 15) is 10.1 Å². The van der Waals surface area contributed by atoms with Crippen LogP contribution < -0.4 is 10.1 Å². The Bertz CT molecular complexity index is 1050. The minimum Gasteiger partial charge on any atom is -0.494 e. The smallest absolute Gasteiger partial charge is 0.235 e. The Balaban J connectivity index is 1.41. The lowest BCUT2D eigenvalue weighted by Gasteiger charge is -2.02. The number of amides is 1. The van der Waals surface area contributed by atoms with Crippen LogP contribution in [0.3, 0.4) is 0 Å². The van der Waals surface area contributed by atoms with Crippen molar-refractivity contribution in [3.8, 4) is 11.8 Å². The maximum atomic E-state index is 12.4. The fourth-order valence-corrected chi connectivity index (χ4v) is 6.26. The molecule has 8 heteroatoms. The van der Waals surface area contributed by atoms with Crippen molar-refractivity contribution in [2.24, 2.45) is 0 Å². The van der Waals surface area contributed by atoms with E-state index in [0.29, 0.717) is 17.2 Å². The van der Waals surface area contributed by atoms with Gasteiger partial charge in [0.25, 0.3) is 0 Å². The molecular weight excluding hydrogens is 398 g/mol. The lowest BCUT2D eigenvalue weighted by atomic mass is 10.1. The minimum atomic E-state index is -0.106. The standard InChI is InChI=1S/C19H17N3O2S3/c1-2-24-11-6-7-14-16(8-11)27-19(21-14)25-10-17(23)22-18-13(9-20)12-4-3-5-15(12)26-18/h6-8H,2-5,10H2,1H3,(H,22,23). The Morgan fingerprint density at radius 1 is 1.41 bits per heavy atom. The third-order valence-electron chi connectivity index (χ3n) is 4.26. The number of aromatic nitrogens is 1. The van der Waals surface area contributed by atoms with E-state index in [4.69, 9.17) is 4.74 Å². The molecule has 138 valence electrons. The molecule has 0 bridgehead atoms. The maximum absolute atomic E-state index is 12.4. The first kappa shape index (κ1) is 18.3. The van der Waals surface area contributed by atoms with E-state index < -0.39 is 0 Å². The monoisotopic (exact) mass is 415 g/mol. The Morgan fingerprint density at radius 3 is 3.11 bits per heavy atom. The van der Waals surface area contributed by atoms with E-state index in [1.807, 2.05) is 25.1 Å². The lowest BCUT2D eigenvalue weighted by molar-refractivity contribution is -0.113. The number of rotatable bonds is 6. The van der Waals surface area contributed by atoms with Crippen LogP contribution in [0.5, 0.6) is 5.75 Å². The lowest BCUT2D eigenvalue weighted by Crippen LogP contribution is -2.13. The minimum absolute atomic E-state index is 0.106. The van der Waals surface area contributed by atoms with E-state index >= 15 is 0 Å². The molecule has 1 amide bonds. The Kier molecular flexibility index (Phi) is 5.34. The highest BCUT2D eigenvalue weighted by Crippen LogP contribution is 2.39. The number of hydrogen-bond donors (Lipinski definition) is 1. The molecule has 4 rings (SSSR count). The van der Waals surface area contributed by atoms with Gasteiger partial charge in [0.05, 0.1) is 28.1 Å². The number of thiazole rings is 1. The van der Waals surface area contributed by atoms with Gasteiger partial charge in [0.2, 0.25) is 5.91 Å². The maximum Gasteiger partial charge on any atom is 0.235 e. The van der Waals surface area contributed by atoms with Crippen molar-refractivity contribution in [1.29, 1.82) is 5.26 Å². The number of carbonyl (C=O) groups is 1. The summed E-state index contributed by atoms with van der Waals surface area (Å²) in [6.45, 7) is 2.58. The molecule has 27 heavy (non-hydrogen) atoms. The van der Waals surface area contributed by atoms with Crippen molar-refractivity contribution in [1.82, 2.24) is 4.98 Å². The molecule has 2 heterocycles. The highest BCUT2D eigenvalue weighted by molar-refractivity contribution is 8.01. The zero-order valence-electron chi connectivity index (χ0n) is 14.7. The number of anilines is 1. The van der Waals surface area contributed by atoms with Crippen LogP contribution in [0.2, 0.25) is 0 Å². The van der Waals surface area contributed by atoms with Gasteiger partial charge in [-0.25, -0.2) is 4.98 Å². The van der Waals surface area contributed by atoms with Gasteiger partial charge in [-0.1, -0.05) is 11.8 Å². The van der Waals surface area contributed by atoms with Gasteiger partial charge in [0.1, 0.15) is 16.8 Å². The van der Waals surface area contributed by atoms with Crippen molar-refractivity contribution >= 4 is 55.6 Å². The quantitative estimate of drug-likeness (QED) is 0.583. The average Bonchev–Trinajstić information content (AvgIpc) is 3.33. The number of benzene rings is 1. The van der Waals surface area contributed by atoms with Crippen LogP contribution in [0.1, 0.15) is 29.3 Å². The summed E-state index contributed by atoms with van der Waals surface area (Å²) in [4.78, 5) is 18.2. The summed E-state index contributed by atoms with van der Waals surface area (Å²) in [6.07, 6.45) is 3.05. The van der Waals surface area contributed by atoms with Gasteiger partial charge in [-0.3, -0.25) is 4.79 Å². The predicted molar refractivity (Wildman–Crippen MR) is 111 cm³/mol. The molecule has 5 nitrogen and oxygen atoms in total. The summed E-state index contributed by atoms with van der Waals surface area (Å²) in [5.41, 5.74) is 2.68. The predicted octanol–water partition coefficient (Wildman–Crippen LogP) is 4.85. The average molecular weight is 416 g/mol. The molecular formula is C19H17N3O2S3.